The van der Waals surface area contributed by atoms with Gasteiger partial charge in [0.05, 0.1) is 38.2 Å². The molecule has 0 spiro atoms. The number of benzene rings is 2. The predicted octanol–water partition coefficient (Wildman–Crippen LogP) is 3.74. The number of thiophene rings is 1. The van der Waals surface area contributed by atoms with Crippen molar-refractivity contribution in [1.82, 2.24) is 5.43 Å². The zero-order chi connectivity index (χ0) is 28.8. The third-order valence-corrected chi connectivity index (χ3v) is 7.37. The van der Waals surface area contributed by atoms with Gasteiger partial charge in [-0.15, -0.1) is 11.3 Å². The maximum absolute atomic E-state index is 12.6. The summed E-state index contributed by atoms with van der Waals surface area (Å²) in [5, 5.41) is 6.79. The first-order valence-corrected chi connectivity index (χ1v) is 13.0. The maximum atomic E-state index is 12.6. The molecule has 0 unspecified atom stereocenters. The Kier molecular flexibility index (Phi) is 8.80. The number of carbonyl (C=O) groups is 4. The van der Waals surface area contributed by atoms with Crippen LogP contribution in [0.3, 0.4) is 0 Å². The molecule has 0 bridgehead atoms. The number of ether oxygens (including phenoxy) is 4. The molecule has 3 aromatic rings. The van der Waals surface area contributed by atoms with Crippen LogP contribution in [0.2, 0.25) is 0 Å². The number of nitrogens with one attached hydrogen (secondary N) is 2. The molecule has 1 aliphatic carbocycles. The van der Waals surface area contributed by atoms with Crippen molar-refractivity contribution < 1.29 is 38.1 Å². The van der Waals surface area contributed by atoms with E-state index < -0.39 is 23.8 Å². The fourth-order valence-corrected chi connectivity index (χ4v) is 5.38. The van der Waals surface area contributed by atoms with Gasteiger partial charge in [-0.1, -0.05) is 6.07 Å². The van der Waals surface area contributed by atoms with E-state index in [1.54, 1.807) is 43.3 Å². The van der Waals surface area contributed by atoms with Crippen LogP contribution in [0.4, 0.5) is 5.00 Å². The smallest absolute Gasteiger partial charge is 0.343 e. The Hall–Kier alpha value is -4.71. The highest BCUT2D eigenvalue weighted by Gasteiger charge is 2.29. The summed E-state index contributed by atoms with van der Waals surface area (Å²) in [4.78, 5) is 50.9. The van der Waals surface area contributed by atoms with E-state index in [9.17, 15) is 19.2 Å². The molecule has 2 aromatic carbocycles. The van der Waals surface area contributed by atoms with Crippen molar-refractivity contribution in [3.8, 4) is 17.2 Å². The third kappa shape index (κ3) is 6.12. The number of hydrogen-bond donors (Lipinski definition) is 2. The molecule has 0 atom stereocenters. The summed E-state index contributed by atoms with van der Waals surface area (Å²) in [5.41, 5.74) is 4.56. The second-order valence-corrected chi connectivity index (χ2v) is 9.74. The van der Waals surface area contributed by atoms with Crippen LogP contribution in [0.25, 0.3) is 0 Å². The van der Waals surface area contributed by atoms with Crippen LogP contribution in [0.15, 0.2) is 47.6 Å². The van der Waals surface area contributed by atoms with Gasteiger partial charge in [-0.05, 0) is 68.1 Å². The van der Waals surface area contributed by atoms with E-state index >= 15 is 0 Å². The summed E-state index contributed by atoms with van der Waals surface area (Å²) >= 11 is 1.26. The van der Waals surface area contributed by atoms with Gasteiger partial charge in [0.15, 0.2) is 11.5 Å². The van der Waals surface area contributed by atoms with Crippen molar-refractivity contribution in [3.05, 3.63) is 69.6 Å². The summed E-state index contributed by atoms with van der Waals surface area (Å²) in [7, 11) is 4.19. The lowest BCUT2D eigenvalue weighted by Gasteiger charge is -2.11. The standard InChI is InChI=1S/C28H27N3O8S/c1-15(16-11-12-20(21(14-16)37-3)39-27(34)17-7-5-8-18(13-17)36-2)30-31-25(33)24(32)29-26-23(28(35)38-4)19-9-6-10-22(19)40-26/h5,7-8,11-14H,6,9-10H2,1-4H3,(H,29,32)(H,31,33). The number of rotatable bonds is 8. The molecule has 11 nitrogen and oxygen atoms in total. The fourth-order valence-electron chi connectivity index (χ4n) is 4.11. The van der Waals surface area contributed by atoms with Gasteiger partial charge in [-0.2, -0.15) is 5.10 Å². The van der Waals surface area contributed by atoms with Crippen molar-refractivity contribution in [3.63, 3.8) is 0 Å². The number of methoxy groups -OCH3 is 3. The van der Waals surface area contributed by atoms with E-state index in [2.05, 4.69) is 15.8 Å². The van der Waals surface area contributed by atoms with Crippen LogP contribution in [0, 0.1) is 0 Å². The highest BCUT2D eigenvalue weighted by molar-refractivity contribution is 7.17. The van der Waals surface area contributed by atoms with E-state index in [-0.39, 0.29) is 16.5 Å². The van der Waals surface area contributed by atoms with Gasteiger partial charge in [0.1, 0.15) is 10.8 Å². The molecule has 0 fully saturated rings. The number of esters is 2. The van der Waals surface area contributed by atoms with Gasteiger partial charge in [0, 0.05) is 10.4 Å². The second kappa shape index (κ2) is 12.4. The lowest BCUT2D eigenvalue weighted by atomic mass is 10.1. The minimum Gasteiger partial charge on any atom is -0.497 e. The quantitative estimate of drug-likeness (QED) is 0.138. The van der Waals surface area contributed by atoms with Crippen molar-refractivity contribution in [2.45, 2.75) is 26.2 Å². The summed E-state index contributed by atoms with van der Waals surface area (Å²) in [6.45, 7) is 1.62. The Morgan fingerprint density at radius 1 is 0.875 bits per heavy atom. The Morgan fingerprint density at radius 2 is 1.68 bits per heavy atom. The molecule has 208 valence electrons. The normalized spacial score (nSPS) is 12.2. The first-order chi connectivity index (χ1) is 19.2. The molecule has 0 radical (unpaired) electrons. The topological polar surface area (TPSA) is 142 Å². The molecule has 1 aliphatic rings. The van der Waals surface area contributed by atoms with Gasteiger partial charge >= 0.3 is 23.8 Å². The second-order valence-electron chi connectivity index (χ2n) is 8.63. The number of hydrogen-bond acceptors (Lipinski definition) is 10. The predicted molar refractivity (Wildman–Crippen MR) is 148 cm³/mol. The number of carbonyl (C=O) groups excluding carboxylic acids is 4. The van der Waals surface area contributed by atoms with E-state index in [0.29, 0.717) is 34.6 Å². The van der Waals surface area contributed by atoms with Crippen molar-refractivity contribution in [1.29, 1.82) is 0 Å². The molecule has 12 heteroatoms. The number of fused-ring (bicyclic) bond motifs is 1. The minimum absolute atomic E-state index is 0.180. The fraction of sp³-hybridized carbons (Fsp3) is 0.250. The zero-order valence-electron chi connectivity index (χ0n) is 22.3. The van der Waals surface area contributed by atoms with Crippen LogP contribution in [-0.4, -0.2) is 50.8 Å². The maximum Gasteiger partial charge on any atom is 0.343 e. The Balaban J connectivity index is 1.42. The van der Waals surface area contributed by atoms with Crippen LogP contribution >= 0.6 is 11.3 Å². The van der Waals surface area contributed by atoms with E-state index in [1.807, 2.05) is 0 Å². The zero-order valence-corrected chi connectivity index (χ0v) is 23.1. The number of nitrogens with zero attached hydrogens (tertiary/aromatic N) is 1. The van der Waals surface area contributed by atoms with Gasteiger partial charge in [-0.25, -0.2) is 15.0 Å². The third-order valence-electron chi connectivity index (χ3n) is 6.16. The lowest BCUT2D eigenvalue weighted by molar-refractivity contribution is -0.136. The largest absolute Gasteiger partial charge is 0.497 e. The van der Waals surface area contributed by atoms with Crippen LogP contribution in [0.1, 0.15) is 50.1 Å². The van der Waals surface area contributed by atoms with Gasteiger partial charge < -0.3 is 24.3 Å². The number of hydrazone groups is 1. The summed E-state index contributed by atoms with van der Waals surface area (Å²) < 4.78 is 20.9. The first kappa shape index (κ1) is 28.3. The van der Waals surface area contributed by atoms with Crippen LogP contribution in [-0.2, 0) is 27.2 Å². The first-order valence-electron chi connectivity index (χ1n) is 12.2. The molecule has 0 aliphatic heterocycles. The Morgan fingerprint density at radius 3 is 2.40 bits per heavy atom. The van der Waals surface area contributed by atoms with Gasteiger partial charge in [0.25, 0.3) is 0 Å². The molecule has 4 rings (SSSR count). The molecule has 40 heavy (non-hydrogen) atoms. The number of aryl methyl sites for hydroxylation is 1. The molecule has 1 aromatic heterocycles. The highest BCUT2D eigenvalue weighted by atomic mass is 32.1. The number of anilines is 1. The Labute approximate surface area is 234 Å². The van der Waals surface area contributed by atoms with Gasteiger partial charge in [0.2, 0.25) is 0 Å². The molecular formula is C28H27N3O8S. The van der Waals surface area contributed by atoms with Crippen molar-refractivity contribution in [2.24, 2.45) is 5.10 Å². The molecule has 2 amide bonds. The lowest BCUT2D eigenvalue weighted by Crippen LogP contribution is -2.33. The molecule has 0 saturated carbocycles. The van der Waals surface area contributed by atoms with E-state index in [0.717, 1.165) is 23.3 Å². The highest BCUT2D eigenvalue weighted by Crippen LogP contribution is 2.39. The Bertz CT molecular complexity index is 1510. The molecule has 0 saturated heterocycles. The van der Waals surface area contributed by atoms with Crippen LogP contribution < -0.4 is 25.0 Å². The molecular weight excluding hydrogens is 538 g/mol. The molecule has 1 heterocycles. The monoisotopic (exact) mass is 565 g/mol. The summed E-state index contributed by atoms with van der Waals surface area (Å²) in [6, 6.07) is 11.3. The van der Waals surface area contributed by atoms with Crippen molar-refractivity contribution >= 4 is 45.8 Å². The van der Waals surface area contributed by atoms with Gasteiger partial charge in [-0.3, -0.25) is 9.59 Å². The average Bonchev–Trinajstić information content (AvgIpc) is 3.56. The SMILES string of the molecule is COC(=O)c1c(NC(=O)C(=O)NN=C(C)c2ccc(OC(=O)c3cccc(OC)c3)c(OC)c2)sc2c1CCC2. The minimum atomic E-state index is -1.01. The van der Waals surface area contributed by atoms with E-state index in [1.165, 1.54) is 38.7 Å². The number of amides is 2. The average molecular weight is 566 g/mol. The molecule has 2 N–H and O–H groups in total. The summed E-state index contributed by atoms with van der Waals surface area (Å²) in [5.74, 6) is -2.19. The van der Waals surface area contributed by atoms with Crippen LogP contribution in [0.5, 0.6) is 17.2 Å². The van der Waals surface area contributed by atoms with E-state index in [4.69, 9.17) is 18.9 Å². The van der Waals surface area contributed by atoms with Crippen molar-refractivity contribution in [2.75, 3.05) is 26.6 Å². The summed E-state index contributed by atoms with van der Waals surface area (Å²) in [6.07, 6.45) is 2.44.